The average Bonchev–Trinajstić information content (AvgIpc) is 2.64. The Balaban J connectivity index is 1.89. The maximum absolute atomic E-state index is 11.7. The molecule has 0 saturated heterocycles. The molecule has 0 heterocycles. The van der Waals surface area contributed by atoms with Gasteiger partial charge in [-0.3, -0.25) is 4.79 Å². The monoisotopic (exact) mass is 341 g/mol. The Morgan fingerprint density at radius 1 is 1.12 bits per heavy atom. The van der Waals surface area contributed by atoms with E-state index in [0.717, 1.165) is 34.9 Å². The van der Waals surface area contributed by atoms with E-state index in [-0.39, 0.29) is 12.5 Å². The van der Waals surface area contributed by atoms with E-state index < -0.39 is 5.97 Å². The number of hydrogen-bond donors (Lipinski definition) is 1. The molecule has 132 valence electrons. The quantitative estimate of drug-likeness (QED) is 0.454. The van der Waals surface area contributed by atoms with Crippen LogP contribution in [0.3, 0.4) is 0 Å². The third kappa shape index (κ3) is 5.95. The molecule has 0 saturated carbocycles. The molecule has 0 aliphatic carbocycles. The first kappa shape index (κ1) is 18.5. The van der Waals surface area contributed by atoms with Gasteiger partial charge in [0.2, 0.25) is 0 Å². The first-order chi connectivity index (χ1) is 12.1. The van der Waals surface area contributed by atoms with Gasteiger partial charge in [-0.25, -0.2) is 4.79 Å². The molecule has 0 atom stereocenters. The second-order valence-corrected chi connectivity index (χ2v) is 5.62. The second-order valence-electron chi connectivity index (χ2n) is 5.62. The summed E-state index contributed by atoms with van der Waals surface area (Å²) in [6.07, 6.45) is 4.90. The molecule has 0 aliphatic rings. The highest BCUT2D eigenvalue weighted by atomic mass is 16.5. The molecule has 2 aromatic carbocycles. The molecule has 0 fully saturated rings. The predicted octanol–water partition coefficient (Wildman–Crippen LogP) is 3.32. The minimum Gasteiger partial charge on any atom is -0.497 e. The summed E-state index contributed by atoms with van der Waals surface area (Å²) in [7, 11) is 1.63. The van der Waals surface area contributed by atoms with Gasteiger partial charge in [0.15, 0.2) is 6.61 Å². The molecule has 2 aromatic rings. The summed E-state index contributed by atoms with van der Waals surface area (Å²) < 4.78 is 10.1. The van der Waals surface area contributed by atoms with Crippen molar-refractivity contribution in [3.63, 3.8) is 0 Å². The molecule has 1 amide bonds. The molecule has 0 unspecified atom stereocenters. The van der Waals surface area contributed by atoms with Crippen molar-refractivity contribution in [3.05, 3.63) is 48.0 Å². The number of hydrogen-bond acceptors (Lipinski definition) is 4. The van der Waals surface area contributed by atoms with Gasteiger partial charge in [0, 0.05) is 12.6 Å². The zero-order chi connectivity index (χ0) is 18.1. The first-order valence-electron chi connectivity index (χ1n) is 8.31. The van der Waals surface area contributed by atoms with Crippen LogP contribution in [0, 0.1) is 0 Å². The van der Waals surface area contributed by atoms with Crippen molar-refractivity contribution >= 4 is 28.7 Å². The zero-order valence-corrected chi connectivity index (χ0v) is 14.6. The summed E-state index contributed by atoms with van der Waals surface area (Å²) in [6, 6.07) is 11.6. The lowest BCUT2D eigenvalue weighted by Gasteiger charge is -2.04. The third-order valence-corrected chi connectivity index (χ3v) is 3.68. The number of ether oxygens (including phenoxy) is 2. The van der Waals surface area contributed by atoms with Crippen LogP contribution in [0.2, 0.25) is 0 Å². The van der Waals surface area contributed by atoms with Crippen LogP contribution in [0.1, 0.15) is 25.3 Å². The van der Waals surface area contributed by atoms with Crippen molar-refractivity contribution in [2.24, 2.45) is 0 Å². The Hall–Kier alpha value is -2.82. The number of fused-ring (bicyclic) bond motifs is 1. The number of methoxy groups -OCH3 is 1. The van der Waals surface area contributed by atoms with Gasteiger partial charge in [0.1, 0.15) is 5.75 Å². The highest BCUT2D eigenvalue weighted by Crippen LogP contribution is 2.22. The number of nitrogens with one attached hydrogen (secondary N) is 1. The molecular weight excluding hydrogens is 318 g/mol. The van der Waals surface area contributed by atoms with Gasteiger partial charge in [-0.2, -0.15) is 0 Å². The van der Waals surface area contributed by atoms with Crippen molar-refractivity contribution in [3.8, 4) is 5.75 Å². The average molecular weight is 341 g/mol. The molecule has 1 N–H and O–H groups in total. The number of carbonyl (C=O) groups is 2. The Kier molecular flexibility index (Phi) is 7.01. The fourth-order valence-corrected chi connectivity index (χ4v) is 2.28. The number of rotatable bonds is 8. The number of carbonyl (C=O) groups excluding carboxylic acids is 2. The van der Waals surface area contributed by atoms with E-state index in [2.05, 4.69) is 5.32 Å². The van der Waals surface area contributed by atoms with E-state index in [1.54, 1.807) is 13.2 Å². The minimum atomic E-state index is -0.541. The summed E-state index contributed by atoms with van der Waals surface area (Å²) in [4.78, 5) is 23.2. The van der Waals surface area contributed by atoms with E-state index in [1.165, 1.54) is 6.08 Å². The normalized spacial score (nSPS) is 10.8. The Bertz CT molecular complexity index is 767. The Morgan fingerprint density at radius 2 is 1.88 bits per heavy atom. The molecule has 0 aliphatic heterocycles. The molecule has 5 nitrogen and oxygen atoms in total. The van der Waals surface area contributed by atoms with Gasteiger partial charge in [-0.05, 0) is 47.0 Å². The fourth-order valence-electron chi connectivity index (χ4n) is 2.28. The first-order valence-corrected chi connectivity index (χ1v) is 8.31. The second kappa shape index (κ2) is 9.47. The number of amides is 1. The van der Waals surface area contributed by atoms with Crippen LogP contribution >= 0.6 is 0 Å². The number of esters is 1. The molecule has 0 bridgehead atoms. The van der Waals surface area contributed by atoms with Gasteiger partial charge in [-0.1, -0.05) is 31.5 Å². The van der Waals surface area contributed by atoms with Crippen molar-refractivity contribution < 1.29 is 19.1 Å². The summed E-state index contributed by atoms with van der Waals surface area (Å²) >= 11 is 0. The smallest absolute Gasteiger partial charge is 0.331 e. The van der Waals surface area contributed by atoms with Crippen LogP contribution in [0.4, 0.5) is 0 Å². The van der Waals surface area contributed by atoms with E-state index in [0.29, 0.717) is 6.54 Å². The van der Waals surface area contributed by atoms with Crippen LogP contribution in [-0.2, 0) is 14.3 Å². The molecule has 2 rings (SSSR count). The van der Waals surface area contributed by atoms with Crippen LogP contribution < -0.4 is 10.1 Å². The van der Waals surface area contributed by atoms with Crippen LogP contribution in [0.5, 0.6) is 5.75 Å². The third-order valence-electron chi connectivity index (χ3n) is 3.68. The molecule has 0 aromatic heterocycles. The Labute approximate surface area is 147 Å². The van der Waals surface area contributed by atoms with Crippen LogP contribution in [0.15, 0.2) is 42.5 Å². The highest BCUT2D eigenvalue weighted by molar-refractivity contribution is 5.91. The van der Waals surface area contributed by atoms with E-state index in [9.17, 15) is 9.59 Å². The van der Waals surface area contributed by atoms with Crippen molar-refractivity contribution in [2.75, 3.05) is 20.3 Å². The van der Waals surface area contributed by atoms with Gasteiger partial charge in [0.05, 0.1) is 7.11 Å². The standard InChI is InChI=1S/C20H23NO4/c1-3-4-11-21-19(22)14-25-20(23)10-6-15-5-7-17-13-18(24-2)9-8-16(17)12-15/h5-10,12-13H,3-4,11,14H2,1-2H3,(H,21,22)/b10-6+. The lowest BCUT2D eigenvalue weighted by molar-refractivity contribution is -0.143. The van der Waals surface area contributed by atoms with Crippen molar-refractivity contribution in [2.45, 2.75) is 19.8 Å². The highest BCUT2D eigenvalue weighted by Gasteiger charge is 2.04. The zero-order valence-electron chi connectivity index (χ0n) is 14.6. The molecule has 0 spiro atoms. The van der Waals surface area contributed by atoms with Gasteiger partial charge in [-0.15, -0.1) is 0 Å². The lowest BCUT2D eigenvalue weighted by Crippen LogP contribution is -2.29. The van der Waals surface area contributed by atoms with Gasteiger partial charge < -0.3 is 14.8 Å². The molecule has 25 heavy (non-hydrogen) atoms. The van der Waals surface area contributed by atoms with Crippen LogP contribution in [0.25, 0.3) is 16.8 Å². The molecule has 0 radical (unpaired) electrons. The Morgan fingerprint density at radius 3 is 2.64 bits per heavy atom. The maximum Gasteiger partial charge on any atom is 0.331 e. The van der Waals surface area contributed by atoms with Crippen molar-refractivity contribution in [1.29, 1.82) is 0 Å². The van der Waals surface area contributed by atoms with Crippen LogP contribution in [-0.4, -0.2) is 32.1 Å². The van der Waals surface area contributed by atoms with E-state index >= 15 is 0 Å². The van der Waals surface area contributed by atoms with E-state index in [4.69, 9.17) is 9.47 Å². The topological polar surface area (TPSA) is 64.6 Å². The fraction of sp³-hybridized carbons (Fsp3) is 0.300. The summed E-state index contributed by atoms with van der Waals surface area (Å²) in [6.45, 7) is 2.38. The minimum absolute atomic E-state index is 0.260. The predicted molar refractivity (Wildman–Crippen MR) is 98.4 cm³/mol. The summed E-state index contributed by atoms with van der Waals surface area (Å²) in [5, 5.41) is 4.80. The maximum atomic E-state index is 11.7. The SMILES string of the molecule is CCCCNC(=O)COC(=O)/C=C/c1ccc2cc(OC)ccc2c1. The van der Waals surface area contributed by atoms with E-state index in [1.807, 2.05) is 43.3 Å². The lowest BCUT2D eigenvalue weighted by atomic mass is 10.1. The number of benzene rings is 2. The summed E-state index contributed by atoms with van der Waals surface area (Å²) in [5.74, 6) is -0.0214. The molecular formula is C20H23NO4. The number of unbranched alkanes of at least 4 members (excludes halogenated alkanes) is 1. The van der Waals surface area contributed by atoms with Gasteiger partial charge >= 0.3 is 5.97 Å². The van der Waals surface area contributed by atoms with Crippen molar-refractivity contribution in [1.82, 2.24) is 5.32 Å². The largest absolute Gasteiger partial charge is 0.497 e. The molecule has 5 heteroatoms. The van der Waals surface area contributed by atoms with Gasteiger partial charge in [0.25, 0.3) is 5.91 Å². The summed E-state index contributed by atoms with van der Waals surface area (Å²) in [5.41, 5.74) is 0.877.